The molecular weight excluding hydrogens is 387 g/mol. The summed E-state index contributed by atoms with van der Waals surface area (Å²) in [6.45, 7) is 0. The van der Waals surface area contributed by atoms with Crippen LogP contribution in [0.3, 0.4) is 0 Å². The van der Waals surface area contributed by atoms with Crippen molar-refractivity contribution in [2.45, 2.75) is 33.9 Å². The van der Waals surface area contributed by atoms with E-state index in [4.69, 9.17) is 5.26 Å². The Morgan fingerprint density at radius 1 is 0.593 bits per heavy atom. The summed E-state index contributed by atoms with van der Waals surface area (Å²) < 4.78 is 0. The Morgan fingerprint density at radius 2 is 0.963 bits per heavy atom. The van der Waals surface area contributed by atoms with Gasteiger partial charge in [-0.2, -0.15) is 0 Å². The Hall–Kier alpha value is -2.31. The third-order valence-corrected chi connectivity index (χ3v) is 15.5. The van der Waals surface area contributed by atoms with Gasteiger partial charge in [0.15, 0.2) is 0 Å². The molecule has 0 atom stereocenters. The van der Waals surface area contributed by atoms with Gasteiger partial charge in [-0.1, -0.05) is 0 Å². The van der Waals surface area contributed by atoms with E-state index < -0.39 is 13.3 Å². The van der Waals surface area contributed by atoms with Crippen LogP contribution in [0.1, 0.15) is 29.5 Å². The molecule has 0 saturated carbocycles. The van der Waals surface area contributed by atoms with Gasteiger partial charge in [0.05, 0.1) is 0 Å². The summed E-state index contributed by atoms with van der Waals surface area (Å²) in [5.41, 5.74) is 4.38. The molecule has 136 valence electrons. The van der Waals surface area contributed by atoms with Crippen molar-refractivity contribution >= 4 is 13.3 Å². The molecule has 3 rings (SSSR count). The number of benzene rings is 3. The van der Waals surface area contributed by atoms with Crippen LogP contribution in [0.25, 0.3) is 0 Å². The third kappa shape index (κ3) is 6.12. The molecule has 0 fully saturated rings. The molecule has 0 heterocycles. The zero-order valence-electron chi connectivity index (χ0n) is 15.9. The van der Waals surface area contributed by atoms with Crippen LogP contribution in [0.15, 0.2) is 91.0 Å². The Bertz CT molecular complexity index is 736. The average molecular weight is 414 g/mol. The fourth-order valence-corrected chi connectivity index (χ4v) is 14.9. The van der Waals surface area contributed by atoms with E-state index in [-0.39, 0.29) is 0 Å². The topological polar surface area (TPSA) is 23.8 Å². The van der Waals surface area contributed by atoms with Crippen molar-refractivity contribution < 1.29 is 0 Å². The first-order valence-electron chi connectivity index (χ1n) is 9.78. The molecule has 0 saturated heterocycles. The molecule has 0 aromatic heterocycles. The van der Waals surface area contributed by atoms with E-state index in [0.29, 0.717) is 6.42 Å². The molecule has 0 aliphatic rings. The Kier molecular flexibility index (Phi) is 7.30. The van der Waals surface area contributed by atoms with Gasteiger partial charge in [0, 0.05) is 0 Å². The van der Waals surface area contributed by atoms with Crippen LogP contribution >= 0.6 is 0 Å². The molecule has 0 aliphatic heterocycles. The van der Waals surface area contributed by atoms with Crippen LogP contribution in [-0.4, -0.2) is 13.3 Å². The standard InChI is InChI=1S/C25H27GeN/c27-19-11-10-18-26(20-23-12-4-1-5-13-23,21-24-14-6-2-7-15-24)22-25-16-8-3-9-17-25/h1-9,12-17H,10-11,18,20-22H2. The maximum absolute atomic E-state index is 9.10. The molecule has 2 heteroatoms. The van der Waals surface area contributed by atoms with Crippen LogP contribution in [0.2, 0.25) is 5.25 Å². The van der Waals surface area contributed by atoms with E-state index in [0.717, 1.165) is 6.42 Å². The predicted molar refractivity (Wildman–Crippen MR) is 116 cm³/mol. The van der Waals surface area contributed by atoms with Crippen LogP contribution in [0, 0.1) is 11.3 Å². The Balaban J connectivity index is 1.94. The van der Waals surface area contributed by atoms with Gasteiger partial charge in [-0.25, -0.2) is 0 Å². The SMILES string of the molecule is N#CCC[CH2][Ge]([CH2]c1ccccc1)([CH2]c1ccccc1)[CH2]c1ccccc1. The van der Waals surface area contributed by atoms with Gasteiger partial charge in [-0.05, 0) is 0 Å². The van der Waals surface area contributed by atoms with Crippen LogP contribution < -0.4 is 0 Å². The maximum atomic E-state index is 9.10. The molecule has 0 spiro atoms. The first kappa shape index (κ1) is 19.5. The second kappa shape index (κ2) is 10.1. The summed E-state index contributed by atoms with van der Waals surface area (Å²) in [4.78, 5) is 0. The van der Waals surface area contributed by atoms with E-state index in [1.807, 2.05) is 0 Å². The van der Waals surface area contributed by atoms with E-state index in [1.165, 1.54) is 37.7 Å². The predicted octanol–water partition coefficient (Wildman–Crippen LogP) is 6.08. The van der Waals surface area contributed by atoms with Crippen molar-refractivity contribution in [1.29, 1.82) is 5.26 Å². The van der Waals surface area contributed by atoms with Crippen LogP contribution in [-0.2, 0) is 15.8 Å². The van der Waals surface area contributed by atoms with Gasteiger partial charge < -0.3 is 0 Å². The van der Waals surface area contributed by atoms with Crippen LogP contribution in [0.4, 0.5) is 0 Å². The van der Waals surface area contributed by atoms with E-state index in [2.05, 4.69) is 97.1 Å². The molecule has 0 unspecified atom stereocenters. The number of hydrogen-bond acceptors (Lipinski definition) is 1. The summed E-state index contributed by atoms with van der Waals surface area (Å²) >= 11 is -2.34. The van der Waals surface area contributed by atoms with E-state index in [9.17, 15) is 0 Å². The molecule has 0 bridgehead atoms. The molecule has 0 N–H and O–H groups in total. The summed E-state index contributed by atoms with van der Waals surface area (Å²) in [7, 11) is 0. The molecule has 0 radical (unpaired) electrons. The van der Waals surface area contributed by atoms with E-state index >= 15 is 0 Å². The molecule has 3 aromatic rings. The second-order valence-electron chi connectivity index (χ2n) is 7.50. The molecule has 27 heavy (non-hydrogen) atoms. The van der Waals surface area contributed by atoms with Crippen molar-refractivity contribution in [3.63, 3.8) is 0 Å². The number of unbranched alkanes of at least 4 members (excludes halogenated alkanes) is 1. The van der Waals surface area contributed by atoms with Crippen molar-refractivity contribution in [3.8, 4) is 6.07 Å². The van der Waals surface area contributed by atoms with Gasteiger partial charge in [0.25, 0.3) is 0 Å². The van der Waals surface area contributed by atoms with Crippen molar-refractivity contribution in [2.24, 2.45) is 0 Å². The fraction of sp³-hybridized carbons (Fsp3) is 0.240. The van der Waals surface area contributed by atoms with Crippen molar-refractivity contribution in [2.75, 3.05) is 0 Å². The zero-order valence-corrected chi connectivity index (χ0v) is 17.9. The number of rotatable bonds is 9. The van der Waals surface area contributed by atoms with Gasteiger partial charge in [0.1, 0.15) is 0 Å². The first-order chi connectivity index (χ1) is 13.3. The van der Waals surface area contributed by atoms with Crippen molar-refractivity contribution in [3.05, 3.63) is 108 Å². The zero-order chi connectivity index (χ0) is 18.8. The van der Waals surface area contributed by atoms with Crippen molar-refractivity contribution in [1.82, 2.24) is 0 Å². The van der Waals surface area contributed by atoms with E-state index in [1.54, 1.807) is 0 Å². The fourth-order valence-electron chi connectivity index (χ4n) is 4.08. The molecule has 3 aromatic carbocycles. The Morgan fingerprint density at radius 3 is 1.30 bits per heavy atom. The second-order valence-corrected chi connectivity index (χ2v) is 17.1. The first-order valence-corrected chi connectivity index (χ1v) is 15.7. The third-order valence-electron chi connectivity index (χ3n) is 5.26. The molecule has 0 amide bonds. The Labute approximate surface area is 166 Å². The molecule has 0 aliphatic carbocycles. The van der Waals surface area contributed by atoms with Gasteiger partial charge >= 0.3 is 166 Å². The molecular formula is C25H27GeN. The summed E-state index contributed by atoms with van der Waals surface area (Å²) in [5, 5.41) is 14.0. The minimum absolute atomic E-state index is 0.672. The number of hydrogen-bond donors (Lipinski definition) is 0. The summed E-state index contributed by atoms with van der Waals surface area (Å²) in [6, 6.07) is 35.3. The monoisotopic (exact) mass is 415 g/mol. The van der Waals surface area contributed by atoms with Gasteiger partial charge in [-0.15, -0.1) is 0 Å². The average Bonchev–Trinajstić information content (AvgIpc) is 2.70. The van der Waals surface area contributed by atoms with Crippen LogP contribution in [0.5, 0.6) is 0 Å². The number of nitriles is 1. The quantitative estimate of drug-likeness (QED) is 0.307. The summed E-state index contributed by atoms with van der Waals surface area (Å²) in [5.74, 6) is 0. The molecule has 1 nitrogen and oxygen atoms in total. The normalized spacial score (nSPS) is 11.1. The minimum atomic E-state index is -2.34. The van der Waals surface area contributed by atoms with Gasteiger partial charge in [-0.3, -0.25) is 0 Å². The van der Waals surface area contributed by atoms with Gasteiger partial charge in [0.2, 0.25) is 0 Å². The summed E-state index contributed by atoms with van der Waals surface area (Å²) in [6.07, 6.45) is 1.70. The number of nitrogens with zero attached hydrogens (tertiary/aromatic N) is 1.